The third-order valence-corrected chi connectivity index (χ3v) is 0.403. The van der Waals surface area contributed by atoms with Gasteiger partial charge in [0.15, 0.2) is 0 Å². The Balaban J connectivity index is 4.55. The molecule has 0 aliphatic rings. The molecule has 4 heteroatoms. The molecule has 0 aromatic carbocycles. The molecule has 0 aliphatic heterocycles. The Bertz CT molecular complexity index is 235. The molecule has 4 nitrogen and oxygen atoms in total. The molecule has 0 atom stereocenters. The first kappa shape index (κ1) is 3.66. The van der Waals surface area contributed by atoms with Crippen LogP contribution >= 0.6 is 0 Å². The molecule has 0 radical (unpaired) electrons. The van der Waals surface area contributed by atoms with Crippen LogP contribution in [0, 0.1) is 0 Å². The maximum Gasteiger partial charge on any atom is 0.330 e. The molecule has 0 saturated heterocycles. The van der Waals surface area contributed by atoms with Gasteiger partial charge >= 0.3 is 11.9 Å². The van der Waals surface area contributed by atoms with Gasteiger partial charge in [-0.25, -0.2) is 9.59 Å². The van der Waals surface area contributed by atoms with Gasteiger partial charge < -0.3 is 9.84 Å². The fraction of sp³-hybridized carbons (Fsp3) is 0.200. The largest absolute Gasteiger partial charge is 0.478 e. The van der Waals surface area contributed by atoms with Gasteiger partial charge in [-0.3, -0.25) is 0 Å². The molecule has 0 saturated carbocycles. The van der Waals surface area contributed by atoms with Crippen molar-refractivity contribution < 1.29 is 23.5 Å². The molecule has 0 bridgehead atoms. The van der Waals surface area contributed by atoms with Gasteiger partial charge in [0.25, 0.3) is 0 Å². The van der Waals surface area contributed by atoms with E-state index in [0.717, 1.165) is 0 Å². The molecule has 0 fully saturated rings. The van der Waals surface area contributed by atoms with Gasteiger partial charge in [0, 0.05) is 12.1 Å². The predicted molar refractivity (Wildman–Crippen MR) is 28.8 cm³/mol. The minimum atomic E-state index is -1.68. The molecule has 0 aliphatic carbocycles. The van der Waals surface area contributed by atoms with Crippen LogP contribution in [0.5, 0.6) is 0 Å². The zero-order valence-corrected chi connectivity index (χ0v) is 4.38. The van der Waals surface area contributed by atoms with E-state index in [0.29, 0.717) is 0 Å². The first-order valence-corrected chi connectivity index (χ1v) is 1.87. The normalized spacial score (nSPS) is 16.2. The summed E-state index contributed by atoms with van der Waals surface area (Å²) in [7, 11) is -0.700. The molecule has 0 heterocycles. The fourth-order valence-electron chi connectivity index (χ4n) is 0.141. The molecule has 9 heavy (non-hydrogen) atoms. The second-order valence-electron chi connectivity index (χ2n) is 0.987. The van der Waals surface area contributed by atoms with E-state index in [1.54, 1.807) is 0 Å². The molecule has 50 valence electrons. The Morgan fingerprint density at radius 3 is 2.89 bits per heavy atom. The Morgan fingerprint density at radius 2 is 2.44 bits per heavy atom. The highest BCUT2D eigenvalue weighted by Crippen LogP contribution is 1.76. The topological polar surface area (TPSA) is 63.6 Å². The summed E-state index contributed by atoms with van der Waals surface area (Å²) in [5.74, 6) is -2.96. The molecule has 1 N–H and O–H groups in total. The van der Waals surface area contributed by atoms with Crippen LogP contribution in [-0.4, -0.2) is 24.1 Å². The SMILES string of the molecule is [2H]COC(=O)/C([2H])=C(\[2H])C(=O)O. The second-order valence-corrected chi connectivity index (χ2v) is 0.987. The molecule has 0 unspecified atom stereocenters. The highest BCUT2D eigenvalue weighted by molar-refractivity contribution is 5.90. The van der Waals surface area contributed by atoms with E-state index in [2.05, 4.69) is 4.74 Å². The maximum absolute atomic E-state index is 10.5. The van der Waals surface area contributed by atoms with Gasteiger partial charge in [0.1, 0.15) is 0 Å². The first-order chi connectivity index (χ1) is 5.50. The fourth-order valence-corrected chi connectivity index (χ4v) is 0.141. The summed E-state index contributed by atoms with van der Waals surface area (Å²) in [4.78, 5) is 20.5. The van der Waals surface area contributed by atoms with Gasteiger partial charge in [0.2, 0.25) is 0 Å². The van der Waals surface area contributed by atoms with E-state index in [1.165, 1.54) is 0 Å². The van der Waals surface area contributed by atoms with Crippen LogP contribution in [0.4, 0.5) is 0 Å². The summed E-state index contributed by atoms with van der Waals surface area (Å²) >= 11 is 0. The first-order valence-electron chi connectivity index (χ1n) is 3.58. The summed E-state index contributed by atoms with van der Waals surface area (Å²) in [5.41, 5.74) is 0. The van der Waals surface area contributed by atoms with Gasteiger partial charge in [-0.05, 0) is 0 Å². The molecule has 0 rings (SSSR count). The molecule has 0 amide bonds. The Labute approximate surface area is 56.0 Å². The molecule has 0 spiro atoms. The number of hydrogen-bond acceptors (Lipinski definition) is 3. The number of carboxylic acid groups (broad SMARTS) is 1. The average Bonchev–Trinajstić information content (AvgIpc) is 2.02. The van der Waals surface area contributed by atoms with Crippen LogP contribution in [0.25, 0.3) is 0 Å². The summed E-state index contributed by atoms with van der Waals surface area (Å²) in [6.45, 7) is 0. The van der Waals surface area contributed by atoms with Crippen molar-refractivity contribution in [3.63, 3.8) is 0 Å². The molecular formula is C5H6O4. The number of methoxy groups -OCH3 is 1. The van der Waals surface area contributed by atoms with Crippen LogP contribution in [0.15, 0.2) is 12.1 Å². The summed E-state index contributed by atoms with van der Waals surface area (Å²) in [5, 5.41) is 8.15. The van der Waals surface area contributed by atoms with E-state index in [9.17, 15) is 9.59 Å². The summed E-state index contributed by atoms with van der Waals surface area (Å²) in [6.07, 6.45) is 0. The molecule has 0 aromatic heterocycles. The van der Waals surface area contributed by atoms with Gasteiger partial charge in [-0.2, -0.15) is 0 Å². The highest BCUT2D eigenvalue weighted by Gasteiger charge is 1.91. The highest BCUT2D eigenvalue weighted by atomic mass is 16.5. The minimum absolute atomic E-state index is 0.700. The Hall–Kier alpha value is -1.32. The lowest BCUT2D eigenvalue weighted by atomic mass is 10.5. The van der Waals surface area contributed by atoms with Crippen molar-refractivity contribution in [1.29, 1.82) is 0 Å². The van der Waals surface area contributed by atoms with Crippen molar-refractivity contribution in [2.75, 3.05) is 7.09 Å². The predicted octanol–water partition coefficient (Wildman–Crippen LogP) is -0.200. The van der Waals surface area contributed by atoms with Crippen molar-refractivity contribution in [2.24, 2.45) is 0 Å². The van der Waals surface area contributed by atoms with Gasteiger partial charge in [-0.1, -0.05) is 0 Å². The molecule has 0 aromatic rings. The van der Waals surface area contributed by atoms with E-state index in [1.807, 2.05) is 0 Å². The minimum Gasteiger partial charge on any atom is -0.478 e. The van der Waals surface area contributed by atoms with Crippen LogP contribution in [0.3, 0.4) is 0 Å². The van der Waals surface area contributed by atoms with Crippen LogP contribution in [0.1, 0.15) is 4.11 Å². The van der Waals surface area contributed by atoms with Crippen molar-refractivity contribution >= 4 is 11.9 Å². The second kappa shape index (κ2) is 3.65. The van der Waals surface area contributed by atoms with Crippen molar-refractivity contribution in [3.8, 4) is 0 Å². The number of carbonyl (C=O) groups is 2. The third kappa shape index (κ3) is 4.53. The number of carbonyl (C=O) groups excluding carboxylic acids is 1. The van der Waals surface area contributed by atoms with E-state index in [4.69, 9.17) is 9.22 Å². The monoisotopic (exact) mass is 133 g/mol. The zero-order valence-electron chi connectivity index (χ0n) is 7.38. The summed E-state index contributed by atoms with van der Waals surface area (Å²) in [6, 6.07) is -2.21. The average molecular weight is 133 g/mol. The van der Waals surface area contributed by atoms with Crippen molar-refractivity contribution in [3.05, 3.63) is 12.1 Å². The van der Waals surface area contributed by atoms with E-state index >= 15 is 0 Å². The number of aliphatic carboxylic acids is 1. The number of rotatable bonds is 2. The third-order valence-electron chi connectivity index (χ3n) is 0.403. The van der Waals surface area contributed by atoms with Crippen molar-refractivity contribution in [1.82, 2.24) is 0 Å². The van der Waals surface area contributed by atoms with Gasteiger partial charge in [0.05, 0.1) is 11.2 Å². The Morgan fingerprint density at radius 1 is 1.78 bits per heavy atom. The van der Waals surface area contributed by atoms with Gasteiger partial charge in [-0.15, -0.1) is 0 Å². The molecular weight excluding hydrogens is 124 g/mol. The van der Waals surface area contributed by atoms with Crippen LogP contribution in [-0.2, 0) is 14.3 Å². The van der Waals surface area contributed by atoms with E-state index < -0.39 is 31.1 Å². The number of carboxylic acids is 1. The van der Waals surface area contributed by atoms with Crippen LogP contribution in [0.2, 0.25) is 0 Å². The van der Waals surface area contributed by atoms with E-state index in [-0.39, 0.29) is 0 Å². The lowest BCUT2D eigenvalue weighted by Crippen LogP contribution is -1.96. The number of hydrogen-bond donors (Lipinski definition) is 1. The number of esters is 1. The quantitative estimate of drug-likeness (QED) is 0.418. The standard InChI is InChI=1S/C5H6O4/c1-9-5(8)3-2-4(6)7/h2-3H,1H3,(H,6,7)/b3-2+/i1D,2D,3D. The number of ether oxygens (including phenoxy) is 1. The lowest BCUT2D eigenvalue weighted by molar-refractivity contribution is -0.136. The summed E-state index contributed by atoms with van der Waals surface area (Å²) < 4.78 is 23.8. The van der Waals surface area contributed by atoms with Crippen LogP contribution < -0.4 is 0 Å². The Kier molecular flexibility index (Phi) is 1.48. The maximum atomic E-state index is 10.5. The van der Waals surface area contributed by atoms with Crippen molar-refractivity contribution in [2.45, 2.75) is 0 Å². The smallest absolute Gasteiger partial charge is 0.330 e. The lowest BCUT2D eigenvalue weighted by Gasteiger charge is -1.85. The zero-order chi connectivity index (χ0) is 9.72.